The Bertz CT molecular complexity index is 645. The number of carbonyl (C=O) groups excluding carboxylic acids is 1. The van der Waals surface area contributed by atoms with E-state index >= 15 is 0 Å². The minimum absolute atomic E-state index is 0.0402. The monoisotopic (exact) mass is 296 g/mol. The van der Waals surface area contributed by atoms with Gasteiger partial charge in [-0.15, -0.1) is 0 Å². The van der Waals surface area contributed by atoms with Crippen molar-refractivity contribution in [2.75, 3.05) is 17.2 Å². The third-order valence-electron chi connectivity index (χ3n) is 3.91. The summed E-state index contributed by atoms with van der Waals surface area (Å²) in [6.07, 6.45) is 0. The van der Waals surface area contributed by atoms with Crippen LogP contribution in [0.25, 0.3) is 0 Å². The van der Waals surface area contributed by atoms with E-state index in [0.29, 0.717) is 5.92 Å². The van der Waals surface area contributed by atoms with Crippen molar-refractivity contribution in [1.82, 2.24) is 0 Å². The first kappa shape index (κ1) is 16.1. The molecular formula is C19H24N2O. The first-order chi connectivity index (χ1) is 10.5. The molecule has 2 N–H and O–H groups in total. The maximum Gasteiger partial charge on any atom is 0.243 e. The van der Waals surface area contributed by atoms with Crippen molar-refractivity contribution in [1.29, 1.82) is 0 Å². The third kappa shape index (κ3) is 4.10. The van der Waals surface area contributed by atoms with E-state index in [1.54, 1.807) is 0 Å². The lowest BCUT2D eigenvalue weighted by Crippen LogP contribution is -2.22. The molecule has 0 spiro atoms. The van der Waals surface area contributed by atoms with E-state index < -0.39 is 0 Å². The quantitative estimate of drug-likeness (QED) is 0.854. The normalized spacial score (nSPS) is 10.6. The van der Waals surface area contributed by atoms with Gasteiger partial charge in [-0.25, -0.2) is 0 Å². The molecule has 0 aromatic heterocycles. The highest BCUT2D eigenvalue weighted by Gasteiger charge is 2.06. The van der Waals surface area contributed by atoms with Crippen molar-refractivity contribution in [3.8, 4) is 0 Å². The molecule has 0 fully saturated rings. The van der Waals surface area contributed by atoms with E-state index in [1.165, 1.54) is 11.1 Å². The number of nitrogens with one attached hydrogen (secondary N) is 2. The molecule has 1 amide bonds. The van der Waals surface area contributed by atoms with Gasteiger partial charge in [-0.05, 0) is 54.7 Å². The Labute approximate surface area is 132 Å². The second kappa shape index (κ2) is 7.12. The summed E-state index contributed by atoms with van der Waals surface area (Å²) in [4.78, 5) is 12.1. The Morgan fingerprint density at radius 3 is 2.36 bits per heavy atom. The van der Waals surface area contributed by atoms with Crippen molar-refractivity contribution < 1.29 is 4.79 Å². The largest absolute Gasteiger partial charge is 0.376 e. The number of rotatable bonds is 5. The third-order valence-corrected chi connectivity index (χ3v) is 3.91. The summed E-state index contributed by atoms with van der Waals surface area (Å²) in [6.45, 7) is 8.65. The van der Waals surface area contributed by atoms with Crippen molar-refractivity contribution in [3.63, 3.8) is 0 Å². The van der Waals surface area contributed by atoms with Gasteiger partial charge in [-0.2, -0.15) is 0 Å². The van der Waals surface area contributed by atoms with Crippen LogP contribution >= 0.6 is 0 Å². The summed E-state index contributed by atoms with van der Waals surface area (Å²) in [6, 6.07) is 14.1. The molecule has 0 aliphatic heterocycles. The molecule has 0 aliphatic rings. The fourth-order valence-corrected chi connectivity index (χ4v) is 2.25. The van der Waals surface area contributed by atoms with Gasteiger partial charge in [-0.1, -0.05) is 38.1 Å². The minimum atomic E-state index is -0.0402. The van der Waals surface area contributed by atoms with E-state index in [4.69, 9.17) is 0 Å². The number of benzene rings is 2. The van der Waals surface area contributed by atoms with Crippen LogP contribution in [0.4, 0.5) is 11.4 Å². The van der Waals surface area contributed by atoms with Crippen LogP contribution in [0.3, 0.4) is 0 Å². The summed E-state index contributed by atoms with van der Waals surface area (Å²) < 4.78 is 0. The van der Waals surface area contributed by atoms with Gasteiger partial charge in [0.1, 0.15) is 0 Å². The van der Waals surface area contributed by atoms with Crippen LogP contribution in [0.2, 0.25) is 0 Å². The molecule has 0 radical (unpaired) electrons. The van der Waals surface area contributed by atoms with E-state index in [1.807, 2.05) is 44.2 Å². The van der Waals surface area contributed by atoms with Crippen LogP contribution in [0.15, 0.2) is 42.5 Å². The average molecular weight is 296 g/mol. The van der Waals surface area contributed by atoms with Crippen LogP contribution in [0.1, 0.15) is 36.5 Å². The highest BCUT2D eigenvalue weighted by atomic mass is 16.1. The van der Waals surface area contributed by atoms with Gasteiger partial charge in [-0.3, -0.25) is 4.79 Å². The number of hydrogen-bond donors (Lipinski definition) is 2. The molecule has 116 valence electrons. The molecule has 2 rings (SSSR count). The van der Waals surface area contributed by atoms with Gasteiger partial charge in [0, 0.05) is 11.4 Å². The van der Waals surface area contributed by atoms with E-state index in [9.17, 15) is 4.79 Å². The Morgan fingerprint density at radius 1 is 1.05 bits per heavy atom. The summed E-state index contributed by atoms with van der Waals surface area (Å²) >= 11 is 0. The zero-order chi connectivity index (χ0) is 16.1. The SMILES string of the molecule is Cc1cccc(NC(=O)CNc2ccc(C(C)C)cc2)c1C. The second-order valence-electron chi connectivity index (χ2n) is 5.93. The van der Waals surface area contributed by atoms with Crippen LogP contribution in [0.5, 0.6) is 0 Å². The molecule has 22 heavy (non-hydrogen) atoms. The van der Waals surface area contributed by atoms with Crippen molar-refractivity contribution in [2.45, 2.75) is 33.6 Å². The van der Waals surface area contributed by atoms with Crippen LogP contribution < -0.4 is 10.6 Å². The van der Waals surface area contributed by atoms with Crippen LogP contribution in [-0.4, -0.2) is 12.5 Å². The predicted molar refractivity (Wildman–Crippen MR) is 93.6 cm³/mol. The lowest BCUT2D eigenvalue weighted by molar-refractivity contribution is -0.114. The molecule has 0 atom stereocenters. The molecule has 0 unspecified atom stereocenters. The lowest BCUT2D eigenvalue weighted by atomic mass is 10.0. The van der Waals surface area contributed by atoms with Gasteiger partial charge >= 0.3 is 0 Å². The molecule has 0 saturated heterocycles. The first-order valence-electron chi connectivity index (χ1n) is 7.67. The van der Waals surface area contributed by atoms with Crippen molar-refractivity contribution in [3.05, 3.63) is 59.2 Å². The zero-order valence-corrected chi connectivity index (χ0v) is 13.7. The molecular weight excluding hydrogens is 272 g/mol. The first-order valence-corrected chi connectivity index (χ1v) is 7.67. The number of amides is 1. The maximum absolute atomic E-state index is 12.1. The molecule has 0 aliphatic carbocycles. The minimum Gasteiger partial charge on any atom is -0.376 e. The van der Waals surface area contributed by atoms with Crippen molar-refractivity contribution >= 4 is 17.3 Å². The van der Waals surface area contributed by atoms with Gasteiger partial charge in [0.15, 0.2) is 0 Å². The molecule has 3 nitrogen and oxygen atoms in total. The van der Waals surface area contributed by atoms with E-state index in [0.717, 1.165) is 16.9 Å². The fraction of sp³-hybridized carbons (Fsp3) is 0.316. The number of carbonyl (C=O) groups is 1. The molecule has 0 heterocycles. The average Bonchev–Trinajstić information content (AvgIpc) is 2.50. The lowest BCUT2D eigenvalue weighted by Gasteiger charge is -2.12. The Balaban J connectivity index is 1.91. The standard InChI is InChI=1S/C19H24N2O/c1-13(2)16-8-10-17(11-9-16)20-12-19(22)21-18-7-5-6-14(3)15(18)4/h5-11,13,20H,12H2,1-4H3,(H,21,22). The maximum atomic E-state index is 12.1. The molecule has 2 aromatic rings. The molecule has 3 heteroatoms. The zero-order valence-electron chi connectivity index (χ0n) is 13.7. The van der Waals surface area contributed by atoms with Gasteiger partial charge in [0.05, 0.1) is 6.54 Å². The number of aryl methyl sites for hydroxylation is 1. The summed E-state index contributed by atoms with van der Waals surface area (Å²) in [5.41, 5.74) is 5.42. The Morgan fingerprint density at radius 2 is 1.73 bits per heavy atom. The summed E-state index contributed by atoms with van der Waals surface area (Å²) in [7, 11) is 0. The van der Waals surface area contributed by atoms with Gasteiger partial charge in [0.2, 0.25) is 5.91 Å². The highest BCUT2D eigenvalue weighted by molar-refractivity contribution is 5.94. The van der Waals surface area contributed by atoms with Gasteiger partial charge in [0.25, 0.3) is 0 Å². The van der Waals surface area contributed by atoms with Crippen molar-refractivity contribution in [2.24, 2.45) is 0 Å². The summed E-state index contributed by atoms with van der Waals surface area (Å²) in [5.74, 6) is 0.475. The van der Waals surface area contributed by atoms with E-state index in [-0.39, 0.29) is 12.5 Å². The van der Waals surface area contributed by atoms with Crippen LogP contribution in [0, 0.1) is 13.8 Å². The summed E-state index contributed by atoms with van der Waals surface area (Å²) in [5, 5.41) is 6.10. The Hall–Kier alpha value is -2.29. The topological polar surface area (TPSA) is 41.1 Å². The highest BCUT2D eigenvalue weighted by Crippen LogP contribution is 2.18. The molecule has 2 aromatic carbocycles. The molecule has 0 bridgehead atoms. The number of hydrogen-bond acceptors (Lipinski definition) is 2. The second-order valence-corrected chi connectivity index (χ2v) is 5.93. The predicted octanol–water partition coefficient (Wildman–Crippen LogP) is 4.48. The Kier molecular flexibility index (Phi) is 5.21. The van der Waals surface area contributed by atoms with Gasteiger partial charge < -0.3 is 10.6 Å². The fourth-order valence-electron chi connectivity index (χ4n) is 2.25. The number of anilines is 2. The van der Waals surface area contributed by atoms with E-state index in [2.05, 4.69) is 36.6 Å². The van der Waals surface area contributed by atoms with Crippen LogP contribution in [-0.2, 0) is 4.79 Å². The molecule has 0 saturated carbocycles. The smallest absolute Gasteiger partial charge is 0.243 e.